The molecule has 1 atom stereocenters. The van der Waals surface area contributed by atoms with E-state index in [0.29, 0.717) is 5.39 Å². The highest BCUT2D eigenvalue weighted by atomic mass is 16.5. The van der Waals surface area contributed by atoms with E-state index in [1.165, 1.54) is 6.07 Å². The van der Waals surface area contributed by atoms with Crippen LogP contribution in [0.5, 0.6) is 5.75 Å². The van der Waals surface area contributed by atoms with Crippen molar-refractivity contribution in [1.82, 2.24) is 0 Å². The molecule has 0 spiro atoms. The molecule has 2 aromatic carbocycles. The van der Waals surface area contributed by atoms with Crippen molar-refractivity contribution in [2.24, 2.45) is 0 Å². The van der Waals surface area contributed by atoms with E-state index in [9.17, 15) is 9.90 Å². The molecule has 0 saturated heterocycles. The molecular formula is C14H14O5. The first kappa shape index (κ1) is 13.3. The molecular weight excluding hydrogens is 248 g/mol. The lowest BCUT2D eigenvalue weighted by molar-refractivity contribution is 0.0524. The number of benzene rings is 2. The Balaban J connectivity index is 2.46. The van der Waals surface area contributed by atoms with Crippen LogP contribution >= 0.6 is 0 Å². The van der Waals surface area contributed by atoms with Crippen molar-refractivity contribution in [3.63, 3.8) is 0 Å². The average Bonchev–Trinajstić information content (AvgIpc) is 2.43. The standard InChI is InChI=1S/C14H14O5/c15-7-10(16)8-19-13-11-4-2-1-3-9(11)5-6-12(13)14(17)18/h1-6,10,15-16H,7-8H2,(H,17,18). The highest BCUT2D eigenvalue weighted by Gasteiger charge is 2.15. The van der Waals surface area contributed by atoms with Gasteiger partial charge in [0, 0.05) is 5.39 Å². The Labute approximate surface area is 109 Å². The zero-order valence-corrected chi connectivity index (χ0v) is 10.1. The summed E-state index contributed by atoms with van der Waals surface area (Å²) in [5, 5.41) is 28.7. The van der Waals surface area contributed by atoms with Crippen LogP contribution in [0, 0.1) is 0 Å². The summed E-state index contributed by atoms with van der Waals surface area (Å²) in [4.78, 5) is 11.2. The quantitative estimate of drug-likeness (QED) is 0.755. The van der Waals surface area contributed by atoms with Crippen LogP contribution in [0.25, 0.3) is 10.8 Å². The normalized spacial score (nSPS) is 12.3. The lowest BCUT2D eigenvalue weighted by atomic mass is 10.1. The Kier molecular flexibility index (Phi) is 3.99. The van der Waals surface area contributed by atoms with Gasteiger partial charge in [-0.15, -0.1) is 0 Å². The predicted molar refractivity (Wildman–Crippen MR) is 69.5 cm³/mol. The van der Waals surface area contributed by atoms with Crippen molar-refractivity contribution in [1.29, 1.82) is 0 Å². The monoisotopic (exact) mass is 262 g/mol. The lowest BCUT2D eigenvalue weighted by Gasteiger charge is -2.14. The number of aromatic carboxylic acids is 1. The first-order chi connectivity index (χ1) is 9.13. The summed E-state index contributed by atoms with van der Waals surface area (Å²) in [6.07, 6.45) is -1.04. The van der Waals surface area contributed by atoms with Gasteiger partial charge in [-0.25, -0.2) is 4.79 Å². The van der Waals surface area contributed by atoms with Gasteiger partial charge in [-0.05, 0) is 11.5 Å². The Morgan fingerprint density at radius 3 is 2.63 bits per heavy atom. The van der Waals surface area contributed by atoms with Crippen molar-refractivity contribution in [3.8, 4) is 5.75 Å². The van der Waals surface area contributed by atoms with Crippen LogP contribution in [0.2, 0.25) is 0 Å². The van der Waals surface area contributed by atoms with Crippen LogP contribution in [0.15, 0.2) is 36.4 Å². The molecule has 19 heavy (non-hydrogen) atoms. The SMILES string of the molecule is O=C(O)c1ccc2ccccc2c1OCC(O)CO. The molecule has 0 aliphatic rings. The van der Waals surface area contributed by atoms with Crippen LogP contribution in [-0.2, 0) is 0 Å². The molecule has 3 N–H and O–H groups in total. The number of aliphatic hydroxyl groups excluding tert-OH is 2. The number of fused-ring (bicyclic) bond motifs is 1. The van der Waals surface area contributed by atoms with E-state index in [1.54, 1.807) is 18.2 Å². The summed E-state index contributed by atoms with van der Waals surface area (Å²) < 4.78 is 5.37. The summed E-state index contributed by atoms with van der Waals surface area (Å²) in [5.41, 5.74) is 0.0313. The van der Waals surface area contributed by atoms with Crippen LogP contribution < -0.4 is 4.74 Å². The molecule has 100 valence electrons. The van der Waals surface area contributed by atoms with Crippen molar-refractivity contribution in [2.45, 2.75) is 6.10 Å². The first-order valence-corrected chi connectivity index (χ1v) is 5.80. The fourth-order valence-electron chi connectivity index (χ4n) is 1.80. The molecule has 0 aliphatic carbocycles. The van der Waals surface area contributed by atoms with E-state index in [1.807, 2.05) is 12.1 Å². The Hall–Kier alpha value is -2.11. The molecule has 0 heterocycles. The van der Waals surface area contributed by atoms with Crippen molar-refractivity contribution < 1.29 is 24.9 Å². The average molecular weight is 262 g/mol. The maximum absolute atomic E-state index is 11.2. The maximum Gasteiger partial charge on any atom is 0.339 e. The summed E-state index contributed by atoms with van der Waals surface area (Å²) in [6.45, 7) is -0.599. The largest absolute Gasteiger partial charge is 0.489 e. The topological polar surface area (TPSA) is 87.0 Å². The third-order valence-corrected chi connectivity index (χ3v) is 2.74. The Morgan fingerprint density at radius 2 is 1.95 bits per heavy atom. The molecule has 1 unspecified atom stereocenters. The van der Waals surface area contributed by atoms with E-state index in [2.05, 4.69) is 0 Å². The Bertz CT molecular complexity index is 593. The van der Waals surface area contributed by atoms with E-state index in [-0.39, 0.29) is 17.9 Å². The smallest absolute Gasteiger partial charge is 0.339 e. The van der Waals surface area contributed by atoms with Gasteiger partial charge in [-0.3, -0.25) is 0 Å². The van der Waals surface area contributed by atoms with E-state index in [0.717, 1.165) is 5.39 Å². The molecule has 0 aliphatic heterocycles. The summed E-state index contributed by atoms with van der Waals surface area (Å²) in [7, 11) is 0. The highest BCUT2D eigenvalue weighted by Crippen LogP contribution is 2.30. The molecule has 0 aromatic heterocycles. The van der Waals surface area contributed by atoms with Gasteiger partial charge in [0.2, 0.25) is 0 Å². The maximum atomic E-state index is 11.2. The van der Waals surface area contributed by atoms with Gasteiger partial charge in [0.1, 0.15) is 24.0 Å². The third-order valence-electron chi connectivity index (χ3n) is 2.74. The molecule has 2 aromatic rings. The summed E-state index contributed by atoms with van der Waals surface area (Å²) in [5.74, 6) is -0.891. The van der Waals surface area contributed by atoms with Crippen LogP contribution in [0.4, 0.5) is 0 Å². The minimum absolute atomic E-state index is 0.0313. The van der Waals surface area contributed by atoms with E-state index >= 15 is 0 Å². The molecule has 0 fully saturated rings. The fourth-order valence-corrected chi connectivity index (χ4v) is 1.80. The van der Waals surface area contributed by atoms with Crippen molar-refractivity contribution in [2.75, 3.05) is 13.2 Å². The number of hydrogen-bond acceptors (Lipinski definition) is 4. The lowest BCUT2D eigenvalue weighted by Crippen LogP contribution is -2.22. The van der Waals surface area contributed by atoms with Gasteiger partial charge >= 0.3 is 5.97 Å². The highest BCUT2D eigenvalue weighted by molar-refractivity contribution is 6.00. The number of aliphatic hydroxyl groups is 2. The minimum atomic E-state index is -1.10. The van der Waals surface area contributed by atoms with Crippen LogP contribution in [-0.4, -0.2) is 40.6 Å². The number of ether oxygens (including phenoxy) is 1. The molecule has 0 bridgehead atoms. The van der Waals surface area contributed by atoms with E-state index in [4.69, 9.17) is 14.9 Å². The minimum Gasteiger partial charge on any atom is -0.489 e. The zero-order valence-electron chi connectivity index (χ0n) is 10.1. The van der Waals surface area contributed by atoms with Gasteiger partial charge < -0.3 is 20.1 Å². The number of carboxylic acid groups (broad SMARTS) is 1. The second-order valence-electron chi connectivity index (χ2n) is 4.12. The zero-order chi connectivity index (χ0) is 13.8. The fraction of sp³-hybridized carbons (Fsp3) is 0.214. The van der Waals surface area contributed by atoms with Crippen molar-refractivity contribution >= 4 is 16.7 Å². The molecule has 5 nitrogen and oxygen atoms in total. The van der Waals surface area contributed by atoms with Gasteiger partial charge in [0.15, 0.2) is 0 Å². The second-order valence-corrected chi connectivity index (χ2v) is 4.12. The number of rotatable bonds is 5. The molecule has 0 saturated carbocycles. The first-order valence-electron chi connectivity index (χ1n) is 5.80. The van der Waals surface area contributed by atoms with Crippen LogP contribution in [0.3, 0.4) is 0 Å². The van der Waals surface area contributed by atoms with Gasteiger partial charge in [-0.1, -0.05) is 30.3 Å². The number of carbonyl (C=O) groups is 1. The van der Waals surface area contributed by atoms with E-state index < -0.39 is 18.7 Å². The number of carboxylic acids is 1. The molecule has 0 radical (unpaired) electrons. The van der Waals surface area contributed by atoms with Gasteiger partial charge in [0.25, 0.3) is 0 Å². The summed E-state index contributed by atoms with van der Waals surface area (Å²) >= 11 is 0. The molecule has 5 heteroatoms. The predicted octanol–water partition coefficient (Wildman–Crippen LogP) is 1.27. The third kappa shape index (κ3) is 2.83. The van der Waals surface area contributed by atoms with Gasteiger partial charge in [0.05, 0.1) is 6.61 Å². The number of hydrogen-bond donors (Lipinski definition) is 3. The Morgan fingerprint density at radius 1 is 1.21 bits per heavy atom. The van der Waals surface area contributed by atoms with Crippen molar-refractivity contribution in [3.05, 3.63) is 42.0 Å². The van der Waals surface area contributed by atoms with Crippen LogP contribution in [0.1, 0.15) is 10.4 Å². The molecule has 2 rings (SSSR count). The second kappa shape index (κ2) is 5.69. The molecule has 0 amide bonds. The van der Waals surface area contributed by atoms with Gasteiger partial charge in [-0.2, -0.15) is 0 Å². The summed E-state index contributed by atoms with van der Waals surface area (Å²) in [6, 6.07) is 10.4.